The van der Waals surface area contributed by atoms with E-state index in [1.165, 1.54) is 12.1 Å². The summed E-state index contributed by atoms with van der Waals surface area (Å²) in [6.45, 7) is 1.95. The molecule has 2 rings (SSSR count). The lowest BCUT2D eigenvalue weighted by atomic mass is 10.0. The van der Waals surface area contributed by atoms with E-state index in [4.69, 9.17) is 5.73 Å². The van der Waals surface area contributed by atoms with Gasteiger partial charge in [-0.2, -0.15) is 0 Å². The van der Waals surface area contributed by atoms with Crippen LogP contribution in [0.2, 0.25) is 0 Å². The summed E-state index contributed by atoms with van der Waals surface area (Å²) >= 11 is 1.59. The van der Waals surface area contributed by atoms with Gasteiger partial charge in [0.15, 0.2) is 0 Å². The molecular weight excluding hydrogens is 245 g/mol. The Bertz CT molecular complexity index is 456. The lowest BCUT2D eigenvalue weighted by Gasteiger charge is -2.13. The molecule has 0 spiro atoms. The molecule has 0 aliphatic heterocycles. The van der Waals surface area contributed by atoms with E-state index < -0.39 is 0 Å². The number of halogens is 2. The van der Waals surface area contributed by atoms with Crippen molar-refractivity contribution in [1.82, 2.24) is 0 Å². The first-order valence-electron chi connectivity index (χ1n) is 4.73. The number of aryl methyl sites for hydroxylation is 1. The zero-order chi connectivity index (χ0) is 10.8. The fourth-order valence-corrected chi connectivity index (χ4v) is 2.31. The molecule has 86 valence electrons. The van der Waals surface area contributed by atoms with E-state index in [-0.39, 0.29) is 24.3 Å². The van der Waals surface area contributed by atoms with Gasteiger partial charge in [0.25, 0.3) is 0 Å². The Morgan fingerprint density at radius 3 is 2.69 bits per heavy atom. The quantitative estimate of drug-likeness (QED) is 0.873. The van der Waals surface area contributed by atoms with Crippen LogP contribution in [0.25, 0.3) is 0 Å². The molecule has 1 heterocycles. The van der Waals surface area contributed by atoms with E-state index in [0.717, 1.165) is 16.0 Å². The second-order valence-corrected chi connectivity index (χ2v) is 4.47. The molecule has 1 aromatic heterocycles. The summed E-state index contributed by atoms with van der Waals surface area (Å²) < 4.78 is 13.1. The van der Waals surface area contributed by atoms with E-state index in [2.05, 4.69) is 0 Å². The van der Waals surface area contributed by atoms with Crippen LogP contribution in [0.1, 0.15) is 22.0 Å². The molecule has 2 aromatic rings. The van der Waals surface area contributed by atoms with Crippen LogP contribution in [-0.2, 0) is 0 Å². The minimum Gasteiger partial charge on any atom is -0.320 e. The predicted molar refractivity (Wildman–Crippen MR) is 68.7 cm³/mol. The van der Waals surface area contributed by atoms with Crippen molar-refractivity contribution in [2.24, 2.45) is 5.73 Å². The summed E-state index contributed by atoms with van der Waals surface area (Å²) in [7, 11) is 0. The lowest BCUT2D eigenvalue weighted by molar-refractivity contribution is 0.623. The fourth-order valence-electron chi connectivity index (χ4n) is 1.57. The molecule has 0 saturated heterocycles. The third kappa shape index (κ3) is 2.61. The Labute approximate surface area is 105 Å². The average Bonchev–Trinajstić information content (AvgIpc) is 2.74. The number of hydrogen-bond acceptors (Lipinski definition) is 2. The van der Waals surface area contributed by atoms with Crippen LogP contribution in [0.3, 0.4) is 0 Å². The molecule has 1 atom stereocenters. The van der Waals surface area contributed by atoms with E-state index in [0.29, 0.717) is 0 Å². The molecule has 0 saturated carbocycles. The Morgan fingerprint density at radius 2 is 2.06 bits per heavy atom. The average molecular weight is 258 g/mol. The standard InChI is InChI=1S/C12H12FNS.ClH/c1-8-4-5-9(13)7-10(8)12(14)11-3-2-6-15-11;/h2-7,12H,14H2,1H3;1H/t12-;/m0./s1. The molecule has 0 radical (unpaired) electrons. The third-order valence-corrected chi connectivity index (χ3v) is 3.38. The van der Waals surface area contributed by atoms with Gasteiger partial charge in [-0.15, -0.1) is 23.7 Å². The highest BCUT2D eigenvalue weighted by atomic mass is 35.5. The van der Waals surface area contributed by atoms with Crippen molar-refractivity contribution in [2.45, 2.75) is 13.0 Å². The van der Waals surface area contributed by atoms with E-state index in [9.17, 15) is 4.39 Å². The lowest BCUT2D eigenvalue weighted by Crippen LogP contribution is -2.12. The smallest absolute Gasteiger partial charge is 0.123 e. The topological polar surface area (TPSA) is 26.0 Å². The van der Waals surface area contributed by atoms with E-state index in [1.807, 2.05) is 24.4 Å². The van der Waals surface area contributed by atoms with Gasteiger partial charge in [0.2, 0.25) is 0 Å². The second-order valence-electron chi connectivity index (χ2n) is 3.49. The molecule has 16 heavy (non-hydrogen) atoms. The minimum absolute atomic E-state index is 0. The van der Waals surface area contributed by atoms with Crippen LogP contribution in [0.5, 0.6) is 0 Å². The molecule has 1 aromatic carbocycles. The van der Waals surface area contributed by atoms with Crippen molar-refractivity contribution in [3.05, 3.63) is 57.5 Å². The van der Waals surface area contributed by atoms with Gasteiger partial charge in [0.05, 0.1) is 6.04 Å². The number of benzene rings is 1. The first kappa shape index (κ1) is 13.2. The van der Waals surface area contributed by atoms with E-state index in [1.54, 1.807) is 17.4 Å². The summed E-state index contributed by atoms with van der Waals surface area (Å²) in [5.74, 6) is -0.234. The van der Waals surface area contributed by atoms with Crippen LogP contribution in [0.4, 0.5) is 4.39 Å². The molecular formula is C12H13ClFNS. The first-order chi connectivity index (χ1) is 7.18. The zero-order valence-corrected chi connectivity index (χ0v) is 10.4. The molecule has 0 aliphatic rings. The molecule has 1 nitrogen and oxygen atoms in total. The van der Waals surface area contributed by atoms with Gasteiger partial charge in [0, 0.05) is 4.88 Å². The fraction of sp³-hybridized carbons (Fsp3) is 0.167. The maximum Gasteiger partial charge on any atom is 0.123 e. The van der Waals surface area contributed by atoms with Gasteiger partial charge in [-0.05, 0) is 41.6 Å². The highest BCUT2D eigenvalue weighted by Crippen LogP contribution is 2.26. The second kappa shape index (κ2) is 5.43. The summed E-state index contributed by atoms with van der Waals surface area (Å²) in [5, 5.41) is 1.98. The van der Waals surface area contributed by atoms with Crippen LogP contribution >= 0.6 is 23.7 Å². The van der Waals surface area contributed by atoms with Gasteiger partial charge >= 0.3 is 0 Å². The Kier molecular flexibility index (Phi) is 4.47. The van der Waals surface area contributed by atoms with Gasteiger partial charge in [-0.3, -0.25) is 0 Å². The van der Waals surface area contributed by atoms with Gasteiger partial charge < -0.3 is 5.73 Å². The zero-order valence-electron chi connectivity index (χ0n) is 8.81. The number of thiophene rings is 1. The summed E-state index contributed by atoms with van der Waals surface area (Å²) in [6.07, 6.45) is 0. The van der Waals surface area contributed by atoms with Crippen LogP contribution in [0.15, 0.2) is 35.7 Å². The summed E-state index contributed by atoms with van der Waals surface area (Å²) in [6, 6.07) is 8.44. The van der Waals surface area contributed by atoms with Crippen molar-refractivity contribution < 1.29 is 4.39 Å². The third-order valence-electron chi connectivity index (χ3n) is 2.43. The van der Waals surface area contributed by atoms with Crippen LogP contribution in [-0.4, -0.2) is 0 Å². The van der Waals surface area contributed by atoms with Crippen molar-refractivity contribution in [3.8, 4) is 0 Å². The monoisotopic (exact) mass is 257 g/mol. The minimum atomic E-state index is -0.234. The largest absolute Gasteiger partial charge is 0.320 e. The number of nitrogens with two attached hydrogens (primary N) is 1. The summed E-state index contributed by atoms with van der Waals surface area (Å²) in [5.41, 5.74) is 7.96. The highest BCUT2D eigenvalue weighted by molar-refractivity contribution is 7.10. The molecule has 0 aliphatic carbocycles. The molecule has 0 amide bonds. The SMILES string of the molecule is Cc1ccc(F)cc1[C@H](N)c1cccs1.Cl. The van der Waals surface area contributed by atoms with Gasteiger partial charge in [-0.25, -0.2) is 4.39 Å². The van der Waals surface area contributed by atoms with Crippen LogP contribution < -0.4 is 5.73 Å². The van der Waals surface area contributed by atoms with Crippen molar-refractivity contribution in [1.29, 1.82) is 0 Å². The predicted octanol–water partition coefficient (Wildman–Crippen LogP) is 3.67. The van der Waals surface area contributed by atoms with Gasteiger partial charge in [-0.1, -0.05) is 12.1 Å². The number of rotatable bonds is 2. The summed E-state index contributed by atoms with van der Waals surface area (Å²) in [4.78, 5) is 1.06. The maximum atomic E-state index is 13.1. The number of hydrogen-bond donors (Lipinski definition) is 1. The van der Waals surface area contributed by atoms with Crippen molar-refractivity contribution in [3.63, 3.8) is 0 Å². The van der Waals surface area contributed by atoms with Crippen molar-refractivity contribution in [2.75, 3.05) is 0 Å². The first-order valence-corrected chi connectivity index (χ1v) is 5.61. The molecule has 2 N–H and O–H groups in total. The van der Waals surface area contributed by atoms with Crippen LogP contribution in [0, 0.1) is 12.7 Å². The molecule has 0 unspecified atom stereocenters. The van der Waals surface area contributed by atoms with E-state index >= 15 is 0 Å². The maximum absolute atomic E-state index is 13.1. The molecule has 0 fully saturated rings. The normalized spacial score (nSPS) is 11.9. The Hall–Kier alpha value is -0.900. The van der Waals surface area contributed by atoms with Crippen molar-refractivity contribution >= 4 is 23.7 Å². The Morgan fingerprint density at radius 1 is 1.31 bits per heavy atom. The molecule has 4 heteroatoms. The Balaban J connectivity index is 0.00000128. The highest BCUT2D eigenvalue weighted by Gasteiger charge is 2.12. The van der Waals surface area contributed by atoms with Gasteiger partial charge in [0.1, 0.15) is 5.82 Å². The molecule has 0 bridgehead atoms.